The Labute approximate surface area is 198 Å². The summed E-state index contributed by atoms with van der Waals surface area (Å²) in [4.78, 5) is 12.5. The van der Waals surface area contributed by atoms with Gasteiger partial charge in [0.05, 0.1) is 11.6 Å². The summed E-state index contributed by atoms with van der Waals surface area (Å²) in [5, 5.41) is 12.6. The van der Waals surface area contributed by atoms with Gasteiger partial charge in [-0.05, 0) is 70.0 Å². The van der Waals surface area contributed by atoms with E-state index in [1.54, 1.807) is 18.2 Å². The number of rotatable bonds is 7. The minimum atomic E-state index is -0.617. The van der Waals surface area contributed by atoms with Crippen molar-refractivity contribution in [3.8, 4) is 17.6 Å². The molecule has 0 spiro atoms. The van der Waals surface area contributed by atoms with Crippen molar-refractivity contribution < 1.29 is 18.7 Å². The molecule has 162 valence electrons. The number of anilines is 1. The summed E-state index contributed by atoms with van der Waals surface area (Å²) in [6.45, 7) is 0.230. The number of carbonyl (C=O) groups is 1. The molecule has 0 aliphatic carbocycles. The number of benzene rings is 3. The number of nitrogens with zero attached hydrogens (tertiary/aromatic N) is 1. The number of methoxy groups -OCH3 is 1. The zero-order chi connectivity index (χ0) is 23.1. The lowest BCUT2D eigenvalue weighted by molar-refractivity contribution is -0.112. The van der Waals surface area contributed by atoms with Gasteiger partial charge in [0.1, 0.15) is 24.1 Å². The third-order valence-electron chi connectivity index (χ3n) is 4.36. The van der Waals surface area contributed by atoms with Gasteiger partial charge in [0.15, 0.2) is 11.5 Å². The predicted octanol–water partition coefficient (Wildman–Crippen LogP) is 6.37. The molecular formula is C24H17BrClFN2O3. The molecule has 0 aliphatic rings. The number of amides is 1. The SMILES string of the molecule is COc1cc(/C=C(/C#N)C(=O)Nc2ccc(F)cc2)cc(Br)c1OCc1ccccc1Cl. The average molecular weight is 516 g/mol. The van der Waals surface area contributed by atoms with Gasteiger partial charge in [-0.2, -0.15) is 5.26 Å². The van der Waals surface area contributed by atoms with Gasteiger partial charge >= 0.3 is 0 Å². The maximum atomic E-state index is 13.0. The number of halogens is 3. The van der Waals surface area contributed by atoms with Gasteiger partial charge < -0.3 is 14.8 Å². The summed E-state index contributed by atoms with van der Waals surface area (Å²) < 4.78 is 24.9. The van der Waals surface area contributed by atoms with E-state index in [1.807, 2.05) is 24.3 Å². The van der Waals surface area contributed by atoms with Crippen LogP contribution in [0.15, 0.2) is 70.7 Å². The van der Waals surface area contributed by atoms with Crippen LogP contribution in [0.1, 0.15) is 11.1 Å². The lowest BCUT2D eigenvalue weighted by Crippen LogP contribution is -2.13. The van der Waals surface area contributed by atoms with Gasteiger partial charge in [-0.25, -0.2) is 4.39 Å². The van der Waals surface area contributed by atoms with Crippen molar-refractivity contribution in [1.82, 2.24) is 0 Å². The van der Waals surface area contributed by atoms with E-state index >= 15 is 0 Å². The van der Waals surface area contributed by atoms with Crippen molar-refractivity contribution in [2.24, 2.45) is 0 Å². The van der Waals surface area contributed by atoms with E-state index < -0.39 is 11.7 Å². The Hall–Kier alpha value is -3.34. The predicted molar refractivity (Wildman–Crippen MR) is 125 cm³/mol. The zero-order valence-electron chi connectivity index (χ0n) is 16.9. The topological polar surface area (TPSA) is 71.3 Å². The highest BCUT2D eigenvalue weighted by molar-refractivity contribution is 9.10. The second-order valence-electron chi connectivity index (χ2n) is 6.55. The van der Waals surface area contributed by atoms with Gasteiger partial charge in [-0.15, -0.1) is 0 Å². The lowest BCUT2D eigenvalue weighted by atomic mass is 10.1. The van der Waals surface area contributed by atoms with Crippen molar-refractivity contribution in [2.75, 3.05) is 12.4 Å². The van der Waals surface area contributed by atoms with Gasteiger partial charge in [0, 0.05) is 16.3 Å². The Morgan fingerprint density at radius 2 is 1.94 bits per heavy atom. The third-order valence-corrected chi connectivity index (χ3v) is 5.32. The highest BCUT2D eigenvalue weighted by Crippen LogP contribution is 2.38. The van der Waals surface area contributed by atoms with E-state index in [0.717, 1.165) is 5.56 Å². The first-order valence-corrected chi connectivity index (χ1v) is 10.5. The highest BCUT2D eigenvalue weighted by Gasteiger charge is 2.15. The number of ether oxygens (including phenoxy) is 2. The van der Waals surface area contributed by atoms with Crippen LogP contribution in [0, 0.1) is 17.1 Å². The number of hydrogen-bond donors (Lipinski definition) is 1. The van der Waals surface area contributed by atoms with E-state index in [9.17, 15) is 14.4 Å². The molecule has 1 amide bonds. The molecule has 0 radical (unpaired) electrons. The highest BCUT2D eigenvalue weighted by atomic mass is 79.9. The molecular weight excluding hydrogens is 499 g/mol. The van der Waals surface area contributed by atoms with Crippen LogP contribution in [0.3, 0.4) is 0 Å². The minimum Gasteiger partial charge on any atom is -0.493 e. The first-order chi connectivity index (χ1) is 15.4. The van der Waals surface area contributed by atoms with E-state index in [2.05, 4.69) is 21.2 Å². The molecule has 3 aromatic rings. The Bertz CT molecular complexity index is 1210. The summed E-state index contributed by atoms with van der Waals surface area (Å²) in [6.07, 6.45) is 1.42. The Morgan fingerprint density at radius 1 is 1.22 bits per heavy atom. The molecule has 0 bridgehead atoms. The first-order valence-electron chi connectivity index (χ1n) is 9.33. The summed E-state index contributed by atoms with van der Waals surface area (Å²) in [5.74, 6) is -0.172. The number of hydrogen-bond acceptors (Lipinski definition) is 4. The quantitative estimate of drug-likeness (QED) is 0.293. The van der Waals surface area contributed by atoms with E-state index in [-0.39, 0.29) is 12.2 Å². The molecule has 5 nitrogen and oxygen atoms in total. The Morgan fingerprint density at radius 3 is 2.59 bits per heavy atom. The van der Waals surface area contributed by atoms with Gasteiger partial charge in [-0.3, -0.25) is 4.79 Å². The molecule has 8 heteroatoms. The molecule has 0 atom stereocenters. The molecule has 0 saturated heterocycles. The van der Waals surface area contributed by atoms with Crippen molar-refractivity contribution >= 4 is 45.2 Å². The first kappa shape index (κ1) is 23.3. The normalized spacial score (nSPS) is 10.9. The maximum Gasteiger partial charge on any atom is 0.266 e. The summed E-state index contributed by atoms with van der Waals surface area (Å²) in [7, 11) is 1.49. The molecule has 32 heavy (non-hydrogen) atoms. The third kappa shape index (κ3) is 5.88. The number of nitriles is 1. The van der Waals surface area contributed by atoms with Crippen molar-refractivity contribution in [3.05, 3.63) is 92.7 Å². The average Bonchev–Trinajstić information content (AvgIpc) is 2.78. The Balaban J connectivity index is 1.82. The minimum absolute atomic E-state index is 0.131. The molecule has 0 saturated carbocycles. The van der Waals surface area contributed by atoms with E-state index in [0.29, 0.717) is 32.2 Å². The fourth-order valence-corrected chi connectivity index (χ4v) is 3.54. The molecule has 0 fully saturated rings. The van der Waals surface area contributed by atoms with Crippen LogP contribution in [-0.2, 0) is 11.4 Å². The van der Waals surface area contributed by atoms with Crippen LogP contribution < -0.4 is 14.8 Å². The Kier molecular flexibility index (Phi) is 7.87. The van der Waals surface area contributed by atoms with E-state index in [4.69, 9.17) is 21.1 Å². The van der Waals surface area contributed by atoms with Crippen LogP contribution in [-0.4, -0.2) is 13.0 Å². The van der Waals surface area contributed by atoms with Gasteiger partial charge in [0.25, 0.3) is 5.91 Å². The molecule has 1 N–H and O–H groups in total. The molecule has 0 aromatic heterocycles. The van der Waals surface area contributed by atoms with Gasteiger partial charge in [-0.1, -0.05) is 29.8 Å². The second kappa shape index (κ2) is 10.8. The fourth-order valence-electron chi connectivity index (χ4n) is 2.78. The van der Waals surface area contributed by atoms with Crippen molar-refractivity contribution in [1.29, 1.82) is 5.26 Å². The van der Waals surface area contributed by atoms with Gasteiger partial charge in [0.2, 0.25) is 0 Å². The van der Waals surface area contributed by atoms with Crippen molar-refractivity contribution in [2.45, 2.75) is 6.61 Å². The van der Waals surface area contributed by atoms with Crippen LogP contribution in [0.5, 0.6) is 11.5 Å². The lowest BCUT2D eigenvalue weighted by Gasteiger charge is -2.14. The summed E-state index contributed by atoms with van der Waals surface area (Å²) in [6, 6.07) is 17.8. The largest absolute Gasteiger partial charge is 0.493 e. The van der Waals surface area contributed by atoms with E-state index in [1.165, 1.54) is 37.5 Å². The maximum absolute atomic E-state index is 13.0. The zero-order valence-corrected chi connectivity index (χ0v) is 19.2. The molecule has 0 unspecified atom stereocenters. The second-order valence-corrected chi connectivity index (χ2v) is 7.81. The monoisotopic (exact) mass is 514 g/mol. The van der Waals surface area contributed by atoms with Crippen molar-refractivity contribution in [3.63, 3.8) is 0 Å². The van der Waals surface area contributed by atoms with Crippen LogP contribution in [0.4, 0.5) is 10.1 Å². The molecule has 0 heterocycles. The van der Waals surface area contributed by atoms with Crippen LogP contribution in [0.25, 0.3) is 6.08 Å². The smallest absolute Gasteiger partial charge is 0.266 e. The molecule has 3 aromatic carbocycles. The molecule has 3 rings (SSSR count). The molecule has 0 aliphatic heterocycles. The summed E-state index contributed by atoms with van der Waals surface area (Å²) in [5.41, 5.74) is 1.61. The summed E-state index contributed by atoms with van der Waals surface area (Å²) >= 11 is 9.63. The fraction of sp³-hybridized carbons (Fsp3) is 0.0833. The number of nitrogens with one attached hydrogen (secondary N) is 1. The van der Waals surface area contributed by atoms with Crippen LogP contribution in [0.2, 0.25) is 5.02 Å². The standard InChI is InChI=1S/C24H17BrClFN2O3/c1-31-22-12-15(10-17(13-28)24(30)29-19-8-6-18(27)7-9-19)11-20(25)23(22)32-14-16-4-2-3-5-21(16)26/h2-12H,14H2,1H3,(H,29,30)/b17-10-. The van der Waals surface area contributed by atoms with Crippen LogP contribution >= 0.6 is 27.5 Å². The number of carbonyl (C=O) groups excluding carboxylic acids is 1.